The van der Waals surface area contributed by atoms with E-state index in [-0.39, 0.29) is 11.4 Å². The van der Waals surface area contributed by atoms with Gasteiger partial charge in [0.25, 0.3) is 0 Å². The van der Waals surface area contributed by atoms with Gasteiger partial charge in [-0.2, -0.15) is 5.26 Å². The summed E-state index contributed by atoms with van der Waals surface area (Å²) in [6.07, 6.45) is 1.52. The number of nitrogens with zero attached hydrogens (tertiary/aromatic N) is 2. The van der Waals surface area contributed by atoms with E-state index in [0.717, 1.165) is 0 Å². The van der Waals surface area contributed by atoms with Crippen LogP contribution in [0.25, 0.3) is 0 Å². The van der Waals surface area contributed by atoms with Gasteiger partial charge in [-0.1, -0.05) is 30.3 Å². The highest BCUT2D eigenvalue weighted by molar-refractivity contribution is 6.11. The number of ketones is 1. The Labute approximate surface area is 89.2 Å². The first-order valence-corrected chi connectivity index (χ1v) is 4.53. The fourth-order valence-corrected chi connectivity index (χ4v) is 1.14. The summed E-state index contributed by atoms with van der Waals surface area (Å²) >= 11 is 0. The largest absolute Gasteiger partial charge is 0.382 e. The van der Waals surface area contributed by atoms with Crippen molar-refractivity contribution in [3.8, 4) is 6.07 Å². The van der Waals surface area contributed by atoms with E-state index in [1.807, 2.05) is 12.1 Å². The summed E-state index contributed by atoms with van der Waals surface area (Å²) in [6, 6.07) is 10.7. The highest BCUT2D eigenvalue weighted by Crippen LogP contribution is 2.07. The lowest BCUT2D eigenvalue weighted by Gasteiger charge is -2.05. The SMILES string of the molecule is CN(C)C=C(C#N)C(=O)c1ccccc1. The Bertz CT molecular complexity index is 413. The summed E-state index contributed by atoms with van der Waals surface area (Å²) in [4.78, 5) is 13.5. The Morgan fingerprint density at radius 1 is 1.33 bits per heavy atom. The molecule has 0 atom stereocenters. The van der Waals surface area contributed by atoms with E-state index < -0.39 is 0 Å². The zero-order chi connectivity index (χ0) is 11.3. The van der Waals surface area contributed by atoms with Gasteiger partial charge in [0.2, 0.25) is 5.78 Å². The van der Waals surface area contributed by atoms with Gasteiger partial charge in [0.15, 0.2) is 0 Å². The van der Waals surface area contributed by atoms with Crippen LogP contribution in [0, 0.1) is 11.3 Å². The lowest BCUT2D eigenvalue weighted by Crippen LogP contribution is -2.08. The molecule has 0 heterocycles. The van der Waals surface area contributed by atoms with Gasteiger partial charge in [-0.15, -0.1) is 0 Å². The third-order valence-corrected chi connectivity index (χ3v) is 1.79. The third-order valence-electron chi connectivity index (χ3n) is 1.79. The molecule has 0 radical (unpaired) electrons. The van der Waals surface area contributed by atoms with E-state index in [2.05, 4.69) is 0 Å². The van der Waals surface area contributed by atoms with Gasteiger partial charge in [-0.05, 0) is 0 Å². The molecule has 15 heavy (non-hydrogen) atoms. The second-order valence-corrected chi connectivity index (χ2v) is 3.31. The molecule has 0 unspecified atom stereocenters. The third kappa shape index (κ3) is 2.96. The van der Waals surface area contributed by atoms with E-state index in [1.165, 1.54) is 6.20 Å². The van der Waals surface area contributed by atoms with Crippen LogP contribution >= 0.6 is 0 Å². The minimum Gasteiger partial charge on any atom is -0.382 e. The molecule has 0 aliphatic rings. The Balaban J connectivity index is 3.00. The number of benzene rings is 1. The van der Waals surface area contributed by atoms with Crippen molar-refractivity contribution in [1.82, 2.24) is 4.90 Å². The van der Waals surface area contributed by atoms with Gasteiger partial charge in [0, 0.05) is 25.9 Å². The number of Topliss-reactive ketones (excluding diaryl/α,β-unsaturated/α-hetero) is 1. The molecule has 76 valence electrons. The topological polar surface area (TPSA) is 44.1 Å². The number of hydrogen-bond acceptors (Lipinski definition) is 3. The molecule has 0 spiro atoms. The van der Waals surface area contributed by atoms with Crippen molar-refractivity contribution in [3.63, 3.8) is 0 Å². The summed E-state index contributed by atoms with van der Waals surface area (Å²) < 4.78 is 0. The van der Waals surface area contributed by atoms with Gasteiger partial charge < -0.3 is 4.90 Å². The number of hydrogen-bond donors (Lipinski definition) is 0. The molecule has 0 aliphatic heterocycles. The molecule has 0 bridgehead atoms. The maximum Gasteiger partial charge on any atom is 0.205 e. The van der Waals surface area contributed by atoms with Crippen LogP contribution in [0.3, 0.4) is 0 Å². The molecule has 3 heteroatoms. The van der Waals surface area contributed by atoms with Crippen molar-refractivity contribution in [2.45, 2.75) is 0 Å². The lowest BCUT2D eigenvalue weighted by molar-refractivity contribution is 0.103. The first kappa shape index (κ1) is 11.0. The smallest absolute Gasteiger partial charge is 0.205 e. The first-order valence-electron chi connectivity index (χ1n) is 4.53. The van der Waals surface area contributed by atoms with Gasteiger partial charge in [-0.3, -0.25) is 4.79 Å². The van der Waals surface area contributed by atoms with Crippen LogP contribution in [0.1, 0.15) is 10.4 Å². The average molecular weight is 200 g/mol. The maximum atomic E-state index is 11.8. The molecule has 0 aliphatic carbocycles. The molecule has 1 rings (SSSR count). The molecule has 0 fully saturated rings. The molecule has 3 nitrogen and oxygen atoms in total. The summed E-state index contributed by atoms with van der Waals surface area (Å²) in [5.74, 6) is -0.244. The molecular formula is C12H12N2O. The highest BCUT2D eigenvalue weighted by atomic mass is 16.1. The predicted octanol–water partition coefficient (Wildman–Crippen LogP) is 1.84. The van der Waals surface area contributed by atoms with E-state index in [9.17, 15) is 4.79 Å². The van der Waals surface area contributed by atoms with E-state index >= 15 is 0 Å². The standard InChI is InChI=1S/C12H12N2O/c1-14(2)9-11(8-13)12(15)10-6-4-3-5-7-10/h3-7,9H,1-2H3. The lowest BCUT2D eigenvalue weighted by atomic mass is 10.1. The van der Waals surface area contributed by atoms with Crippen molar-refractivity contribution < 1.29 is 4.79 Å². The van der Waals surface area contributed by atoms with Crippen molar-refractivity contribution in [1.29, 1.82) is 5.26 Å². The van der Waals surface area contributed by atoms with Crippen molar-refractivity contribution in [2.75, 3.05) is 14.1 Å². The van der Waals surface area contributed by atoms with E-state index in [0.29, 0.717) is 5.56 Å². The monoisotopic (exact) mass is 200 g/mol. The summed E-state index contributed by atoms with van der Waals surface area (Å²) in [7, 11) is 3.55. The van der Waals surface area contributed by atoms with Gasteiger partial charge in [0.05, 0.1) is 0 Å². The molecule has 0 saturated carbocycles. The predicted molar refractivity (Wildman–Crippen MR) is 58.2 cm³/mol. The second kappa shape index (κ2) is 4.97. The minimum absolute atomic E-state index is 0.145. The zero-order valence-corrected chi connectivity index (χ0v) is 8.77. The van der Waals surface area contributed by atoms with Crippen LogP contribution in [0.2, 0.25) is 0 Å². The van der Waals surface area contributed by atoms with Crippen molar-refractivity contribution in [2.24, 2.45) is 0 Å². The van der Waals surface area contributed by atoms with Crippen LogP contribution in [0.15, 0.2) is 42.1 Å². The Kier molecular flexibility index (Phi) is 3.64. The number of carbonyl (C=O) groups excluding carboxylic acids is 1. The van der Waals surface area contributed by atoms with Gasteiger partial charge in [-0.25, -0.2) is 0 Å². The molecule has 1 aromatic rings. The molecule has 0 N–H and O–H groups in total. The maximum absolute atomic E-state index is 11.8. The zero-order valence-electron chi connectivity index (χ0n) is 8.77. The van der Waals surface area contributed by atoms with E-state index in [4.69, 9.17) is 5.26 Å². The van der Waals surface area contributed by atoms with Gasteiger partial charge >= 0.3 is 0 Å². The summed E-state index contributed by atoms with van der Waals surface area (Å²) in [6.45, 7) is 0. The Morgan fingerprint density at radius 3 is 2.40 bits per heavy atom. The number of carbonyl (C=O) groups is 1. The molecule has 0 amide bonds. The van der Waals surface area contributed by atoms with Crippen LogP contribution in [-0.2, 0) is 0 Å². The van der Waals surface area contributed by atoms with Crippen LogP contribution in [0.5, 0.6) is 0 Å². The molecule has 0 saturated heterocycles. The first-order chi connectivity index (χ1) is 7.15. The number of allylic oxidation sites excluding steroid dienone is 1. The minimum atomic E-state index is -0.244. The number of nitriles is 1. The Morgan fingerprint density at radius 2 is 1.93 bits per heavy atom. The summed E-state index contributed by atoms with van der Waals surface area (Å²) in [5.41, 5.74) is 0.679. The van der Waals surface area contributed by atoms with Crippen LogP contribution in [0.4, 0.5) is 0 Å². The molecule has 1 aromatic carbocycles. The van der Waals surface area contributed by atoms with Crippen molar-refractivity contribution >= 4 is 5.78 Å². The molecular weight excluding hydrogens is 188 g/mol. The Hall–Kier alpha value is -2.08. The highest BCUT2D eigenvalue weighted by Gasteiger charge is 2.11. The van der Waals surface area contributed by atoms with Gasteiger partial charge in [0.1, 0.15) is 11.6 Å². The summed E-state index contributed by atoms with van der Waals surface area (Å²) in [5, 5.41) is 8.84. The van der Waals surface area contributed by atoms with Crippen LogP contribution in [-0.4, -0.2) is 24.8 Å². The second-order valence-electron chi connectivity index (χ2n) is 3.31. The fraction of sp³-hybridized carbons (Fsp3) is 0.167. The van der Waals surface area contributed by atoms with Crippen molar-refractivity contribution in [3.05, 3.63) is 47.7 Å². The molecule has 0 aromatic heterocycles. The number of rotatable bonds is 3. The normalized spacial score (nSPS) is 10.6. The fourth-order valence-electron chi connectivity index (χ4n) is 1.14. The van der Waals surface area contributed by atoms with Crippen LogP contribution < -0.4 is 0 Å². The average Bonchev–Trinajstić information content (AvgIpc) is 2.26. The quantitative estimate of drug-likeness (QED) is 0.425. The van der Waals surface area contributed by atoms with E-state index in [1.54, 1.807) is 43.3 Å².